The zero-order valence-corrected chi connectivity index (χ0v) is 16.5. The van der Waals surface area contributed by atoms with Gasteiger partial charge >= 0.3 is 0 Å². The van der Waals surface area contributed by atoms with Crippen molar-refractivity contribution in [3.63, 3.8) is 0 Å². The molecule has 0 spiro atoms. The highest BCUT2D eigenvalue weighted by atomic mass is 19.1. The molecule has 2 N–H and O–H groups in total. The van der Waals surface area contributed by atoms with E-state index in [0.29, 0.717) is 17.6 Å². The van der Waals surface area contributed by atoms with E-state index in [2.05, 4.69) is 15.8 Å². The lowest BCUT2D eigenvalue weighted by molar-refractivity contribution is -0.122. The molecule has 0 bridgehead atoms. The number of carbonyl (C=O) groups excluding carboxylic acids is 1. The SMILES string of the molecule is Cc1cc(F)ccc1-c1cc2c(cc1NC1CCC1)N1C(=NNC(=O)C1C)CO2. The van der Waals surface area contributed by atoms with Crippen molar-refractivity contribution in [3.8, 4) is 16.9 Å². The summed E-state index contributed by atoms with van der Waals surface area (Å²) in [6, 6.07) is 8.92. The van der Waals surface area contributed by atoms with E-state index in [0.717, 1.165) is 40.9 Å². The second kappa shape index (κ2) is 6.76. The van der Waals surface area contributed by atoms with Crippen LogP contribution in [0.15, 0.2) is 35.4 Å². The van der Waals surface area contributed by atoms with E-state index < -0.39 is 0 Å². The lowest BCUT2D eigenvalue weighted by Gasteiger charge is -2.39. The molecule has 29 heavy (non-hydrogen) atoms. The Morgan fingerprint density at radius 3 is 2.79 bits per heavy atom. The van der Waals surface area contributed by atoms with Crippen LogP contribution in [0.1, 0.15) is 31.7 Å². The largest absolute Gasteiger partial charge is 0.483 e. The molecule has 2 heterocycles. The molecule has 1 amide bonds. The second-order valence-corrected chi connectivity index (χ2v) is 7.94. The van der Waals surface area contributed by atoms with E-state index in [1.807, 2.05) is 36.9 Å². The summed E-state index contributed by atoms with van der Waals surface area (Å²) in [5, 5.41) is 7.80. The highest BCUT2D eigenvalue weighted by molar-refractivity contribution is 6.10. The van der Waals surface area contributed by atoms with Crippen molar-refractivity contribution in [2.45, 2.75) is 45.2 Å². The average Bonchev–Trinajstić information content (AvgIpc) is 2.67. The minimum Gasteiger partial charge on any atom is -0.483 e. The predicted molar refractivity (Wildman–Crippen MR) is 111 cm³/mol. The van der Waals surface area contributed by atoms with Gasteiger partial charge in [-0.1, -0.05) is 6.07 Å². The van der Waals surface area contributed by atoms with Gasteiger partial charge in [-0.25, -0.2) is 9.82 Å². The number of anilines is 2. The maximum absolute atomic E-state index is 13.7. The van der Waals surface area contributed by atoms with Crippen LogP contribution in [0.4, 0.5) is 15.8 Å². The minimum absolute atomic E-state index is 0.145. The third kappa shape index (κ3) is 3.01. The molecule has 7 heteroatoms. The normalized spacial score (nSPS) is 20.7. The Labute approximate surface area is 168 Å². The topological polar surface area (TPSA) is 66.0 Å². The van der Waals surface area contributed by atoms with Crippen LogP contribution in [0.2, 0.25) is 0 Å². The van der Waals surface area contributed by atoms with E-state index >= 15 is 0 Å². The van der Waals surface area contributed by atoms with E-state index in [9.17, 15) is 9.18 Å². The Morgan fingerprint density at radius 2 is 2.07 bits per heavy atom. The number of ether oxygens (including phenoxy) is 1. The summed E-state index contributed by atoms with van der Waals surface area (Å²) in [6.45, 7) is 4.05. The van der Waals surface area contributed by atoms with Gasteiger partial charge in [-0.2, -0.15) is 5.10 Å². The number of carbonyl (C=O) groups is 1. The molecule has 1 saturated carbocycles. The molecule has 3 aliphatic rings. The van der Waals surface area contributed by atoms with Crippen molar-refractivity contribution in [1.82, 2.24) is 5.43 Å². The maximum atomic E-state index is 13.7. The molecule has 1 atom stereocenters. The molecule has 6 nitrogen and oxygen atoms in total. The predicted octanol–water partition coefficient (Wildman–Crippen LogP) is 3.80. The Balaban J connectivity index is 1.65. The number of hydrazone groups is 1. The van der Waals surface area contributed by atoms with Crippen LogP contribution in [0.25, 0.3) is 11.1 Å². The first-order valence-electron chi connectivity index (χ1n) is 10.0. The molecular weight excluding hydrogens is 371 g/mol. The van der Waals surface area contributed by atoms with Crippen molar-refractivity contribution < 1.29 is 13.9 Å². The Kier molecular flexibility index (Phi) is 4.19. The van der Waals surface area contributed by atoms with Crippen molar-refractivity contribution in [2.24, 2.45) is 5.10 Å². The average molecular weight is 394 g/mol. The Hall–Kier alpha value is -3.09. The number of hydrogen-bond acceptors (Lipinski definition) is 5. The fraction of sp³-hybridized carbons (Fsp3) is 0.364. The van der Waals surface area contributed by atoms with E-state index in [1.165, 1.54) is 12.5 Å². The van der Waals surface area contributed by atoms with E-state index in [-0.39, 0.29) is 24.4 Å². The van der Waals surface area contributed by atoms with Crippen LogP contribution in [0.5, 0.6) is 5.75 Å². The van der Waals surface area contributed by atoms with E-state index in [4.69, 9.17) is 4.74 Å². The zero-order valence-electron chi connectivity index (χ0n) is 16.5. The van der Waals surface area contributed by atoms with Crippen LogP contribution in [-0.4, -0.2) is 30.4 Å². The lowest BCUT2D eigenvalue weighted by Crippen LogP contribution is -2.55. The number of aryl methyl sites for hydroxylation is 1. The summed E-state index contributed by atoms with van der Waals surface area (Å²) < 4.78 is 19.7. The van der Waals surface area contributed by atoms with Gasteiger partial charge in [0, 0.05) is 17.3 Å². The quantitative estimate of drug-likeness (QED) is 0.831. The van der Waals surface area contributed by atoms with Crippen molar-refractivity contribution in [1.29, 1.82) is 0 Å². The van der Waals surface area contributed by atoms with Crippen molar-refractivity contribution in [2.75, 3.05) is 16.8 Å². The van der Waals surface area contributed by atoms with Gasteiger partial charge in [0.05, 0.1) is 5.69 Å². The number of rotatable bonds is 3. The number of hydrogen-bond donors (Lipinski definition) is 2. The highest BCUT2D eigenvalue weighted by Crippen LogP contribution is 2.44. The van der Waals surface area contributed by atoms with Gasteiger partial charge in [0.25, 0.3) is 5.91 Å². The number of benzene rings is 2. The fourth-order valence-electron chi connectivity index (χ4n) is 4.12. The molecule has 150 valence electrons. The van der Waals surface area contributed by atoms with Crippen LogP contribution < -0.4 is 20.4 Å². The molecule has 1 unspecified atom stereocenters. The van der Waals surface area contributed by atoms with Crippen LogP contribution in [0, 0.1) is 12.7 Å². The molecule has 0 radical (unpaired) electrons. The van der Waals surface area contributed by atoms with Crippen LogP contribution >= 0.6 is 0 Å². The minimum atomic E-state index is -0.375. The molecule has 0 saturated heterocycles. The summed E-state index contributed by atoms with van der Waals surface area (Å²) in [5.74, 6) is 0.991. The summed E-state index contributed by atoms with van der Waals surface area (Å²) in [5.41, 5.74) is 7.14. The first-order chi connectivity index (χ1) is 14.0. The third-order valence-electron chi connectivity index (χ3n) is 6.00. The first kappa shape index (κ1) is 18.0. The number of fused-ring (bicyclic) bond motifs is 3. The molecule has 2 aliphatic heterocycles. The zero-order chi connectivity index (χ0) is 20.1. The monoisotopic (exact) mass is 394 g/mol. The number of amides is 1. The standard InChI is InChI=1S/C22H23FN4O2/c1-12-8-14(23)6-7-16(12)17-9-20-19(10-18(17)24-15-4-3-5-15)27-13(2)22(28)26-25-21(27)11-29-20/h6-10,13,15,24H,3-5,11H2,1-2H3,(H,26,28). The molecule has 1 aliphatic carbocycles. The molecule has 2 aromatic rings. The van der Waals surface area contributed by atoms with Crippen LogP contribution in [0.3, 0.4) is 0 Å². The summed E-state index contributed by atoms with van der Waals surface area (Å²) in [6.07, 6.45) is 3.48. The van der Waals surface area contributed by atoms with Gasteiger partial charge < -0.3 is 15.0 Å². The summed E-state index contributed by atoms with van der Waals surface area (Å²) in [4.78, 5) is 14.1. The Bertz CT molecular complexity index is 1030. The van der Waals surface area contributed by atoms with Gasteiger partial charge in [-0.15, -0.1) is 0 Å². The van der Waals surface area contributed by atoms with E-state index in [1.54, 1.807) is 6.07 Å². The Morgan fingerprint density at radius 1 is 1.24 bits per heavy atom. The van der Waals surface area contributed by atoms with Gasteiger partial charge in [-0.05, 0) is 68.5 Å². The second-order valence-electron chi connectivity index (χ2n) is 7.94. The van der Waals surface area contributed by atoms with Crippen LogP contribution in [-0.2, 0) is 4.79 Å². The number of amidine groups is 1. The van der Waals surface area contributed by atoms with Crippen molar-refractivity contribution >= 4 is 23.1 Å². The lowest BCUT2D eigenvalue weighted by atomic mass is 9.91. The van der Waals surface area contributed by atoms with Crippen molar-refractivity contribution in [3.05, 3.63) is 41.7 Å². The molecule has 0 aromatic heterocycles. The number of nitrogens with one attached hydrogen (secondary N) is 2. The number of nitrogens with zero attached hydrogens (tertiary/aromatic N) is 2. The molecular formula is C22H23FN4O2. The third-order valence-corrected chi connectivity index (χ3v) is 6.00. The fourth-order valence-corrected chi connectivity index (χ4v) is 4.12. The molecule has 1 fully saturated rings. The smallest absolute Gasteiger partial charge is 0.262 e. The summed E-state index contributed by atoms with van der Waals surface area (Å²) in [7, 11) is 0. The van der Waals surface area contributed by atoms with Gasteiger partial charge in [0.1, 0.15) is 24.2 Å². The highest BCUT2D eigenvalue weighted by Gasteiger charge is 2.36. The van der Waals surface area contributed by atoms with Gasteiger partial charge in [-0.3, -0.25) is 4.79 Å². The maximum Gasteiger partial charge on any atom is 0.262 e. The van der Waals surface area contributed by atoms with Gasteiger partial charge in [0.2, 0.25) is 0 Å². The first-order valence-corrected chi connectivity index (χ1v) is 10.0. The number of halogens is 1. The molecule has 5 rings (SSSR count). The summed E-state index contributed by atoms with van der Waals surface area (Å²) >= 11 is 0. The van der Waals surface area contributed by atoms with Gasteiger partial charge in [0.15, 0.2) is 5.84 Å². The molecule has 2 aromatic carbocycles.